The first kappa shape index (κ1) is 12.7. The largest absolute Gasteiger partial charge is 0.313 e. The van der Waals surface area contributed by atoms with Crippen LogP contribution in [-0.2, 0) is 0 Å². The maximum absolute atomic E-state index is 4.12. The summed E-state index contributed by atoms with van der Waals surface area (Å²) in [6.45, 7) is 8.09. The number of aryl methyl sites for hydroxylation is 1. The Labute approximate surface area is 87.0 Å². The van der Waals surface area contributed by atoms with E-state index in [-0.39, 0.29) is 0 Å². The van der Waals surface area contributed by atoms with Gasteiger partial charge in [-0.2, -0.15) is 5.10 Å². The molecule has 0 saturated heterocycles. The van der Waals surface area contributed by atoms with Gasteiger partial charge in [-0.1, -0.05) is 38.1 Å². The molecule has 0 saturated carbocycles. The minimum Gasteiger partial charge on any atom is -0.313 e. The molecule has 14 heavy (non-hydrogen) atoms. The monoisotopic (exact) mass is 192 g/mol. The van der Waals surface area contributed by atoms with E-state index in [1.807, 2.05) is 40.0 Å². The molecule has 0 fully saturated rings. The lowest BCUT2D eigenvalue weighted by Gasteiger charge is -2.03. The molecule has 0 aliphatic carbocycles. The summed E-state index contributed by atoms with van der Waals surface area (Å²) in [5.41, 5.74) is 6.26. The van der Waals surface area contributed by atoms with E-state index in [2.05, 4.69) is 29.6 Å². The van der Waals surface area contributed by atoms with E-state index in [0.717, 1.165) is 5.71 Å². The second-order valence-corrected chi connectivity index (χ2v) is 2.74. The quantitative estimate of drug-likeness (QED) is 0.565. The molecule has 0 unspecified atom stereocenters. The van der Waals surface area contributed by atoms with Crippen molar-refractivity contribution in [3.05, 3.63) is 35.4 Å². The molecule has 2 nitrogen and oxygen atoms in total. The number of nitrogens with one attached hydrogen (secondary N) is 1. The van der Waals surface area contributed by atoms with Crippen LogP contribution < -0.4 is 5.43 Å². The van der Waals surface area contributed by atoms with Crippen LogP contribution in [0.15, 0.2) is 29.4 Å². The van der Waals surface area contributed by atoms with E-state index in [9.17, 15) is 0 Å². The van der Waals surface area contributed by atoms with Crippen molar-refractivity contribution in [2.45, 2.75) is 27.7 Å². The van der Waals surface area contributed by atoms with Gasteiger partial charge in [0.15, 0.2) is 0 Å². The van der Waals surface area contributed by atoms with E-state index in [4.69, 9.17) is 0 Å². The second kappa shape index (κ2) is 7.13. The number of hydrogen-bond donors (Lipinski definition) is 1. The fourth-order valence-electron chi connectivity index (χ4n) is 1.21. The average Bonchev–Trinajstić information content (AvgIpc) is 2.22. The topological polar surface area (TPSA) is 24.4 Å². The molecule has 0 radical (unpaired) electrons. The van der Waals surface area contributed by atoms with E-state index < -0.39 is 0 Å². The van der Waals surface area contributed by atoms with Gasteiger partial charge in [0.25, 0.3) is 0 Å². The first-order valence-electron chi connectivity index (χ1n) is 5.02. The summed E-state index contributed by atoms with van der Waals surface area (Å²) in [5, 5.41) is 4.12. The Kier molecular flexibility index (Phi) is 6.46. The maximum Gasteiger partial charge on any atom is 0.0646 e. The van der Waals surface area contributed by atoms with Gasteiger partial charge in [-0.15, -0.1) is 0 Å². The van der Waals surface area contributed by atoms with Crippen molar-refractivity contribution in [2.24, 2.45) is 5.10 Å². The maximum atomic E-state index is 4.12. The molecule has 1 rings (SSSR count). The smallest absolute Gasteiger partial charge is 0.0646 e. The van der Waals surface area contributed by atoms with Gasteiger partial charge < -0.3 is 5.43 Å². The summed E-state index contributed by atoms with van der Waals surface area (Å²) in [4.78, 5) is 0. The SMILES string of the molecule is CC.CN/N=C(/C)c1ccccc1C. The normalized spacial score (nSPS) is 10.2. The molecule has 0 aliphatic rings. The summed E-state index contributed by atoms with van der Waals surface area (Å²) < 4.78 is 0. The van der Waals surface area contributed by atoms with Crippen LogP contribution in [0.1, 0.15) is 31.9 Å². The molecule has 0 atom stereocenters. The zero-order chi connectivity index (χ0) is 11.0. The third-order valence-electron chi connectivity index (χ3n) is 1.81. The first-order valence-corrected chi connectivity index (χ1v) is 5.02. The lowest BCUT2D eigenvalue weighted by atomic mass is 10.1. The van der Waals surface area contributed by atoms with Crippen molar-refractivity contribution in [1.29, 1.82) is 0 Å². The minimum absolute atomic E-state index is 1.02. The molecule has 0 aromatic heterocycles. The predicted molar refractivity (Wildman–Crippen MR) is 63.8 cm³/mol. The molecule has 2 heteroatoms. The van der Waals surface area contributed by atoms with Crippen LogP contribution in [-0.4, -0.2) is 12.8 Å². The van der Waals surface area contributed by atoms with Gasteiger partial charge in [-0.05, 0) is 19.4 Å². The van der Waals surface area contributed by atoms with Crippen molar-refractivity contribution >= 4 is 5.71 Å². The molecule has 0 bridgehead atoms. The summed E-state index contributed by atoms with van der Waals surface area (Å²) in [6.07, 6.45) is 0. The molecule has 0 amide bonds. The number of hydrogen-bond acceptors (Lipinski definition) is 2. The van der Waals surface area contributed by atoms with Crippen LogP contribution in [0.5, 0.6) is 0 Å². The molecular formula is C12H20N2. The lowest BCUT2D eigenvalue weighted by molar-refractivity contribution is 0.899. The molecule has 1 N–H and O–H groups in total. The highest BCUT2D eigenvalue weighted by molar-refractivity contribution is 5.99. The van der Waals surface area contributed by atoms with Crippen molar-refractivity contribution in [3.63, 3.8) is 0 Å². The Bertz CT molecular complexity index is 290. The van der Waals surface area contributed by atoms with Crippen molar-refractivity contribution in [1.82, 2.24) is 5.43 Å². The molecule has 1 aromatic rings. The third kappa shape index (κ3) is 3.60. The van der Waals surface area contributed by atoms with Crippen LogP contribution >= 0.6 is 0 Å². The zero-order valence-electron chi connectivity index (χ0n) is 9.76. The highest BCUT2D eigenvalue weighted by Crippen LogP contribution is 2.07. The van der Waals surface area contributed by atoms with Crippen molar-refractivity contribution < 1.29 is 0 Å². The third-order valence-corrected chi connectivity index (χ3v) is 1.81. The number of nitrogens with zero attached hydrogens (tertiary/aromatic N) is 1. The minimum atomic E-state index is 1.02. The Morgan fingerprint density at radius 3 is 2.29 bits per heavy atom. The molecule has 0 aliphatic heterocycles. The van der Waals surface area contributed by atoms with E-state index >= 15 is 0 Å². The van der Waals surface area contributed by atoms with E-state index in [1.54, 1.807) is 0 Å². The molecule has 0 heterocycles. The summed E-state index contributed by atoms with van der Waals surface area (Å²) >= 11 is 0. The molecule has 1 aromatic carbocycles. The Balaban J connectivity index is 0.000000791. The molecular weight excluding hydrogens is 172 g/mol. The van der Waals surface area contributed by atoms with Crippen molar-refractivity contribution in [2.75, 3.05) is 7.05 Å². The Morgan fingerprint density at radius 1 is 1.21 bits per heavy atom. The van der Waals surface area contributed by atoms with Gasteiger partial charge in [0.2, 0.25) is 0 Å². The van der Waals surface area contributed by atoms with Crippen LogP contribution in [0.2, 0.25) is 0 Å². The highest BCUT2D eigenvalue weighted by atomic mass is 15.3. The van der Waals surface area contributed by atoms with Gasteiger partial charge in [0.05, 0.1) is 5.71 Å². The lowest BCUT2D eigenvalue weighted by Crippen LogP contribution is -2.04. The predicted octanol–water partition coefficient (Wildman–Crippen LogP) is 2.96. The second-order valence-electron chi connectivity index (χ2n) is 2.74. The van der Waals surface area contributed by atoms with Crippen LogP contribution in [0.25, 0.3) is 0 Å². The van der Waals surface area contributed by atoms with Gasteiger partial charge in [-0.25, -0.2) is 0 Å². The highest BCUT2D eigenvalue weighted by Gasteiger charge is 1.98. The zero-order valence-corrected chi connectivity index (χ0v) is 9.76. The van der Waals surface area contributed by atoms with Gasteiger partial charge in [0.1, 0.15) is 0 Å². The van der Waals surface area contributed by atoms with E-state index in [0.29, 0.717) is 0 Å². The number of benzene rings is 1. The van der Waals surface area contributed by atoms with Gasteiger partial charge >= 0.3 is 0 Å². The first-order chi connectivity index (χ1) is 6.75. The molecule has 0 spiro atoms. The van der Waals surface area contributed by atoms with Gasteiger partial charge in [-0.3, -0.25) is 0 Å². The summed E-state index contributed by atoms with van der Waals surface area (Å²) in [5.74, 6) is 0. The Morgan fingerprint density at radius 2 is 1.79 bits per heavy atom. The molecule has 78 valence electrons. The summed E-state index contributed by atoms with van der Waals surface area (Å²) in [7, 11) is 1.81. The van der Waals surface area contributed by atoms with Crippen LogP contribution in [0.3, 0.4) is 0 Å². The van der Waals surface area contributed by atoms with E-state index in [1.165, 1.54) is 11.1 Å². The van der Waals surface area contributed by atoms with Crippen molar-refractivity contribution in [3.8, 4) is 0 Å². The fraction of sp³-hybridized carbons (Fsp3) is 0.417. The average molecular weight is 192 g/mol. The summed E-state index contributed by atoms with van der Waals surface area (Å²) in [6, 6.07) is 8.22. The van der Waals surface area contributed by atoms with Crippen LogP contribution in [0.4, 0.5) is 0 Å². The Hall–Kier alpha value is -1.31. The standard InChI is InChI=1S/C10H14N2.C2H6/c1-8-6-4-5-7-10(8)9(2)12-11-3;1-2/h4-7,11H,1-3H3;1-2H3/b12-9-;. The number of rotatable bonds is 2. The van der Waals surface area contributed by atoms with Gasteiger partial charge in [0, 0.05) is 12.6 Å². The van der Waals surface area contributed by atoms with Crippen LogP contribution in [0, 0.1) is 6.92 Å². The fourth-order valence-corrected chi connectivity index (χ4v) is 1.21. The number of hydrazone groups is 1.